The van der Waals surface area contributed by atoms with E-state index in [1.807, 2.05) is 0 Å². The molecule has 0 saturated heterocycles. The molecule has 0 amide bonds. The Morgan fingerprint density at radius 3 is 2.21 bits per heavy atom. The number of nitrogens with two attached hydrogens (primary N) is 1. The molecule has 2 heteroatoms. The standard InChI is InChI=1S/C12H17NS/c13-14-12-8-6-11(7-9-12)10-4-2-1-3-5-10/h6-10H,1-5,13H2. The maximum absolute atomic E-state index is 5.50. The number of hydrogen-bond acceptors (Lipinski definition) is 2. The van der Waals surface area contributed by atoms with Crippen LogP contribution in [-0.4, -0.2) is 0 Å². The van der Waals surface area contributed by atoms with Crippen LogP contribution in [0.3, 0.4) is 0 Å². The lowest BCUT2D eigenvalue weighted by Gasteiger charge is -2.21. The second-order valence-corrected chi connectivity index (χ2v) is 4.73. The lowest BCUT2D eigenvalue weighted by Crippen LogP contribution is -2.04. The molecular weight excluding hydrogens is 190 g/mol. The van der Waals surface area contributed by atoms with Crippen molar-refractivity contribution in [2.24, 2.45) is 5.14 Å². The Morgan fingerprint density at radius 1 is 1.00 bits per heavy atom. The van der Waals surface area contributed by atoms with E-state index in [0.717, 1.165) is 10.8 Å². The summed E-state index contributed by atoms with van der Waals surface area (Å²) in [5, 5.41) is 5.50. The Balaban J connectivity index is 2.07. The molecule has 0 atom stereocenters. The van der Waals surface area contributed by atoms with Crippen LogP contribution in [0.2, 0.25) is 0 Å². The molecule has 2 N–H and O–H groups in total. The third kappa shape index (κ3) is 2.31. The molecule has 14 heavy (non-hydrogen) atoms. The van der Waals surface area contributed by atoms with Gasteiger partial charge in [0.05, 0.1) is 0 Å². The second-order valence-electron chi connectivity index (χ2n) is 4.02. The van der Waals surface area contributed by atoms with Gasteiger partial charge in [0.2, 0.25) is 0 Å². The first kappa shape index (κ1) is 10.1. The summed E-state index contributed by atoms with van der Waals surface area (Å²) in [5.74, 6) is 0.806. The van der Waals surface area contributed by atoms with E-state index in [1.165, 1.54) is 49.6 Å². The number of hydrogen-bond donors (Lipinski definition) is 1. The largest absolute Gasteiger partial charge is 0.274 e. The lowest BCUT2D eigenvalue weighted by atomic mass is 9.84. The van der Waals surface area contributed by atoms with Gasteiger partial charge in [-0.15, -0.1) is 0 Å². The predicted octanol–water partition coefficient (Wildman–Crippen LogP) is 3.70. The van der Waals surface area contributed by atoms with E-state index in [-0.39, 0.29) is 0 Å². The molecule has 1 saturated carbocycles. The van der Waals surface area contributed by atoms with Crippen molar-refractivity contribution in [3.8, 4) is 0 Å². The van der Waals surface area contributed by atoms with E-state index in [1.54, 1.807) is 0 Å². The van der Waals surface area contributed by atoms with E-state index < -0.39 is 0 Å². The Labute approximate surface area is 90.2 Å². The molecule has 1 aromatic rings. The molecule has 0 radical (unpaired) electrons. The van der Waals surface area contributed by atoms with Gasteiger partial charge >= 0.3 is 0 Å². The Hall–Kier alpha value is -0.470. The quantitative estimate of drug-likeness (QED) is 0.748. The molecule has 0 heterocycles. The molecule has 1 aliphatic rings. The molecular formula is C12H17NS. The van der Waals surface area contributed by atoms with Crippen LogP contribution >= 0.6 is 11.9 Å². The molecule has 1 aromatic carbocycles. The minimum absolute atomic E-state index is 0.806. The monoisotopic (exact) mass is 207 g/mol. The zero-order valence-electron chi connectivity index (χ0n) is 8.41. The van der Waals surface area contributed by atoms with Crippen molar-refractivity contribution in [3.63, 3.8) is 0 Å². The fourth-order valence-electron chi connectivity index (χ4n) is 2.25. The van der Waals surface area contributed by atoms with E-state index >= 15 is 0 Å². The third-order valence-electron chi connectivity index (χ3n) is 3.09. The second kappa shape index (κ2) is 4.85. The van der Waals surface area contributed by atoms with Crippen LogP contribution in [0.1, 0.15) is 43.6 Å². The maximum atomic E-state index is 5.50. The Morgan fingerprint density at radius 2 is 1.64 bits per heavy atom. The van der Waals surface area contributed by atoms with Crippen molar-refractivity contribution in [2.75, 3.05) is 0 Å². The van der Waals surface area contributed by atoms with Crippen LogP contribution in [0.4, 0.5) is 0 Å². The highest BCUT2D eigenvalue weighted by Crippen LogP contribution is 2.32. The van der Waals surface area contributed by atoms with Gasteiger partial charge in [0.15, 0.2) is 0 Å². The third-order valence-corrected chi connectivity index (χ3v) is 3.64. The summed E-state index contributed by atoms with van der Waals surface area (Å²) in [6.07, 6.45) is 6.97. The van der Waals surface area contributed by atoms with Crippen molar-refractivity contribution in [1.82, 2.24) is 0 Å². The fraction of sp³-hybridized carbons (Fsp3) is 0.500. The minimum atomic E-state index is 0.806. The first-order valence-electron chi connectivity index (χ1n) is 5.37. The molecule has 0 aliphatic heterocycles. The van der Waals surface area contributed by atoms with Crippen LogP contribution in [0, 0.1) is 0 Å². The van der Waals surface area contributed by atoms with E-state index in [4.69, 9.17) is 5.14 Å². The van der Waals surface area contributed by atoms with Crippen LogP contribution < -0.4 is 5.14 Å². The summed E-state index contributed by atoms with van der Waals surface area (Å²) < 4.78 is 0. The van der Waals surface area contributed by atoms with Crippen LogP contribution in [0.5, 0.6) is 0 Å². The molecule has 76 valence electrons. The van der Waals surface area contributed by atoms with Gasteiger partial charge in [-0.2, -0.15) is 0 Å². The summed E-state index contributed by atoms with van der Waals surface area (Å²) in [6, 6.07) is 8.75. The topological polar surface area (TPSA) is 26.0 Å². The van der Waals surface area contributed by atoms with Gasteiger partial charge < -0.3 is 0 Å². The van der Waals surface area contributed by atoms with Gasteiger partial charge in [0, 0.05) is 4.90 Å². The first-order valence-corrected chi connectivity index (χ1v) is 6.25. The van der Waals surface area contributed by atoms with Gasteiger partial charge in [0.1, 0.15) is 0 Å². The smallest absolute Gasteiger partial charge is 0.0226 e. The SMILES string of the molecule is NSc1ccc(C2CCCCC2)cc1. The number of benzene rings is 1. The highest BCUT2D eigenvalue weighted by Gasteiger charge is 2.14. The lowest BCUT2D eigenvalue weighted by molar-refractivity contribution is 0.443. The number of rotatable bonds is 2. The molecule has 0 unspecified atom stereocenters. The van der Waals surface area contributed by atoms with Gasteiger partial charge in [-0.1, -0.05) is 31.4 Å². The van der Waals surface area contributed by atoms with Crippen molar-refractivity contribution < 1.29 is 0 Å². The van der Waals surface area contributed by atoms with Crippen LogP contribution in [0.25, 0.3) is 0 Å². The summed E-state index contributed by atoms with van der Waals surface area (Å²) >= 11 is 1.32. The summed E-state index contributed by atoms with van der Waals surface area (Å²) in [5.41, 5.74) is 1.50. The van der Waals surface area contributed by atoms with Crippen LogP contribution in [-0.2, 0) is 0 Å². The average Bonchev–Trinajstić information content (AvgIpc) is 2.30. The van der Waals surface area contributed by atoms with E-state index in [0.29, 0.717) is 0 Å². The summed E-state index contributed by atoms with van der Waals surface area (Å²) in [4.78, 5) is 1.16. The molecule has 0 bridgehead atoms. The summed E-state index contributed by atoms with van der Waals surface area (Å²) in [6.45, 7) is 0. The molecule has 1 aliphatic carbocycles. The van der Waals surface area contributed by atoms with Crippen molar-refractivity contribution in [2.45, 2.75) is 42.9 Å². The molecule has 0 spiro atoms. The van der Waals surface area contributed by atoms with Crippen molar-refractivity contribution in [1.29, 1.82) is 0 Å². The highest BCUT2D eigenvalue weighted by molar-refractivity contribution is 7.97. The molecule has 0 aromatic heterocycles. The van der Waals surface area contributed by atoms with Gasteiger partial charge in [-0.25, -0.2) is 0 Å². The van der Waals surface area contributed by atoms with Crippen LogP contribution in [0.15, 0.2) is 29.2 Å². The first-order chi connectivity index (χ1) is 6.90. The van der Waals surface area contributed by atoms with Gasteiger partial charge in [-0.05, 0) is 48.4 Å². The minimum Gasteiger partial charge on any atom is -0.274 e. The normalized spacial score (nSPS) is 18.4. The Bertz CT molecular complexity index is 275. The molecule has 1 fully saturated rings. The zero-order valence-corrected chi connectivity index (χ0v) is 9.22. The van der Waals surface area contributed by atoms with E-state index in [2.05, 4.69) is 24.3 Å². The molecule has 2 rings (SSSR count). The maximum Gasteiger partial charge on any atom is 0.0226 e. The highest BCUT2D eigenvalue weighted by atomic mass is 32.2. The predicted molar refractivity (Wildman–Crippen MR) is 62.3 cm³/mol. The zero-order chi connectivity index (χ0) is 9.80. The Kier molecular flexibility index (Phi) is 3.49. The van der Waals surface area contributed by atoms with Gasteiger partial charge in [-0.3, -0.25) is 5.14 Å². The van der Waals surface area contributed by atoms with Crippen molar-refractivity contribution >= 4 is 11.9 Å². The van der Waals surface area contributed by atoms with Crippen molar-refractivity contribution in [3.05, 3.63) is 29.8 Å². The average molecular weight is 207 g/mol. The summed E-state index contributed by atoms with van der Waals surface area (Å²) in [7, 11) is 0. The fourth-order valence-corrected chi connectivity index (χ4v) is 2.55. The molecule has 1 nitrogen and oxygen atoms in total. The van der Waals surface area contributed by atoms with Gasteiger partial charge in [0.25, 0.3) is 0 Å². The van der Waals surface area contributed by atoms with E-state index in [9.17, 15) is 0 Å².